The summed E-state index contributed by atoms with van der Waals surface area (Å²) in [5.74, 6) is -0.866. The molecule has 0 atom stereocenters. The Morgan fingerprint density at radius 1 is 1.00 bits per heavy atom. The van der Waals surface area contributed by atoms with E-state index in [1.807, 2.05) is 0 Å². The second kappa shape index (κ2) is 8.43. The Balaban J connectivity index is 1.91. The number of nitrogens with one attached hydrogen (secondary N) is 1. The lowest BCUT2D eigenvalue weighted by atomic mass is 9.94. The van der Waals surface area contributed by atoms with E-state index in [9.17, 15) is 22.8 Å². The lowest BCUT2D eigenvalue weighted by molar-refractivity contribution is -0.137. The van der Waals surface area contributed by atoms with Crippen LogP contribution in [0.15, 0.2) is 77.7 Å². The third kappa shape index (κ3) is 4.33. The summed E-state index contributed by atoms with van der Waals surface area (Å²) in [7, 11) is 0. The highest BCUT2D eigenvalue weighted by Crippen LogP contribution is 2.40. The smallest absolute Gasteiger partial charge is 0.322 e. The molecule has 0 radical (unpaired) electrons. The molecule has 0 unspecified atom stereocenters. The van der Waals surface area contributed by atoms with Crippen LogP contribution in [-0.4, -0.2) is 15.8 Å². The minimum atomic E-state index is -4.80. The van der Waals surface area contributed by atoms with Crippen LogP contribution < -0.4 is 5.56 Å². The van der Waals surface area contributed by atoms with Crippen LogP contribution in [0.5, 0.6) is 0 Å². The molecule has 0 amide bonds. The number of H-pyrrole nitrogens is 1. The maximum Gasteiger partial charge on any atom is 0.417 e. The summed E-state index contributed by atoms with van der Waals surface area (Å²) < 4.78 is 41.1. The van der Waals surface area contributed by atoms with Crippen molar-refractivity contribution in [3.63, 3.8) is 0 Å². The molecule has 0 saturated heterocycles. The van der Waals surface area contributed by atoms with E-state index in [1.54, 1.807) is 42.5 Å². The molecule has 2 heterocycles. The first kappa shape index (κ1) is 21.5. The van der Waals surface area contributed by atoms with Crippen molar-refractivity contribution >= 4 is 34.4 Å². The fraction of sp³-hybridized carbons (Fsp3) is 0.0417. The number of benzene rings is 2. The summed E-state index contributed by atoms with van der Waals surface area (Å²) in [6, 6.07) is 14.8. The SMILES string of the molecule is O=C(/C=C/c1ccccn1)c1cc(-c2cc(=O)[nH]c3ccccc23)c(Cl)cc1C(F)(F)F. The van der Waals surface area contributed by atoms with Crippen LogP contribution in [0, 0.1) is 0 Å². The fourth-order valence-electron chi connectivity index (χ4n) is 3.37. The van der Waals surface area contributed by atoms with Crippen molar-refractivity contribution in [2.24, 2.45) is 0 Å². The number of allylic oxidation sites excluding steroid dienone is 1. The van der Waals surface area contributed by atoms with Crippen LogP contribution in [0.25, 0.3) is 28.1 Å². The number of halogens is 4. The van der Waals surface area contributed by atoms with Gasteiger partial charge in [0, 0.05) is 39.3 Å². The maximum absolute atomic E-state index is 13.7. The van der Waals surface area contributed by atoms with Crippen LogP contribution >= 0.6 is 11.6 Å². The molecule has 8 heteroatoms. The molecule has 2 aromatic carbocycles. The van der Waals surface area contributed by atoms with Gasteiger partial charge >= 0.3 is 6.18 Å². The minimum Gasteiger partial charge on any atom is -0.322 e. The maximum atomic E-state index is 13.7. The number of hydrogen-bond donors (Lipinski definition) is 1. The Morgan fingerprint density at radius 3 is 2.47 bits per heavy atom. The number of alkyl halides is 3. The van der Waals surface area contributed by atoms with Gasteiger partial charge in [0.2, 0.25) is 5.56 Å². The Bertz CT molecular complexity index is 1410. The number of carbonyl (C=O) groups is 1. The highest BCUT2D eigenvalue weighted by Gasteiger charge is 2.36. The molecule has 4 rings (SSSR count). The fourth-order valence-corrected chi connectivity index (χ4v) is 3.64. The average molecular weight is 455 g/mol. The minimum absolute atomic E-state index is 0.150. The number of para-hydroxylation sites is 1. The highest BCUT2D eigenvalue weighted by molar-refractivity contribution is 6.34. The van der Waals surface area contributed by atoms with E-state index in [2.05, 4.69) is 9.97 Å². The Kier molecular flexibility index (Phi) is 5.67. The van der Waals surface area contributed by atoms with Crippen molar-refractivity contribution in [2.45, 2.75) is 6.18 Å². The van der Waals surface area contributed by atoms with Crippen molar-refractivity contribution in [1.82, 2.24) is 9.97 Å². The Labute approximate surface area is 185 Å². The molecule has 32 heavy (non-hydrogen) atoms. The quantitative estimate of drug-likeness (QED) is 0.297. The zero-order valence-corrected chi connectivity index (χ0v) is 17.0. The van der Waals surface area contributed by atoms with Gasteiger partial charge in [-0.3, -0.25) is 14.6 Å². The summed E-state index contributed by atoms with van der Waals surface area (Å²) in [6.45, 7) is 0. The molecule has 4 nitrogen and oxygen atoms in total. The highest BCUT2D eigenvalue weighted by atomic mass is 35.5. The van der Waals surface area contributed by atoms with E-state index in [-0.39, 0.29) is 10.6 Å². The predicted molar refractivity (Wildman–Crippen MR) is 118 cm³/mol. The molecule has 1 N–H and O–H groups in total. The number of pyridine rings is 2. The van der Waals surface area contributed by atoms with Crippen molar-refractivity contribution in [2.75, 3.05) is 0 Å². The van der Waals surface area contributed by atoms with Crippen LogP contribution in [0.4, 0.5) is 13.2 Å². The van der Waals surface area contributed by atoms with Gasteiger partial charge in [-0.25, -0.2) is 0 Å². The second-order valence-corrected chi connectivity index (χ2v) is 7.33. The van der Waals surface area contributed by atoms with Crippen LogP contribution in [0.3, 0.4) is 0 Å². The normalized spacial score (nSPS) is 11.9. The topological polar surface area (TPSA) is 62.8 Å². The number of carbonyl (C=O) groups excluding carboxylic acids is 1. The van der Waals surface area contributed by atoms with Crippen molar-refractivity contribution in [1.29, 1.82) is 0 Å². The number of fused-ring (bicyclic) bond motifs is 1. The largest absolute Gasteiger partial charge is 0.417 e. The van der Waals surface area contributed by atoms with E-state index in [0.717, 1.165) is 12.1 Å². The van der Waals surface area contributed by atoms with Gasteiger partial charge < -0.3 is 4.98 Å². The molecular formula is C24H14ClF3N2O2. The lowest BCUT2D eigenvalue weighted by Gasteiger charge is -2.15. The van der Waals surface area contributed by atoms with Crippen LogP contribution in [0.1, 0.15) is 21.6 Å². The summed E-state index contributed by atoms with van der Waals surface area (Å²) in [5.41, 5.74) is -0.789. The average Bonchev–Trinajstić information content (AvgIpc) is 2.77. The number of hydrogen-bond acceptors (Lipinski definition) is 3. The Hall–Kier alpha value is -3.71. The lowest BCUT2D eigenvalue weighted by Crippen LogP contribution is -2.13. The second-order valence-electron chi connectivity index (χ2n) is 6.92. The molecule has 0 bridgehead atoms. The van der Waals surface area contributed by atoms with E-state index in [1.165, 1.54) is 18.3 Å². The van der Waals surface area contributed by atoms with Crippen molar-refractivity contribution in [3.05, 3.63) is 105 Å². The summed E-state index contributed by atoms with van der Waals surface area (Å²) in [4.78, 5) is 31.6. The summed E-state index contributed by atoms with van der Waals surface area (Å²) >= 11 is 6.22. The number of aromatic nitrogens is 2. The van der Waals surface area contributed by atoms with Crippen LogP contribution in [-0.2, 0) is 6.18 Å². The van der Waals surface area contributed by atoms with Crippen LogP contribution in [0.2, 0.25) is 5.02 Å². The van der Waals surface area contributed by atoms with Crippen molar-refractivity contribution < 1.29 is 18.0 Å². The summed E-state index contributed by atoms with van der Waals surface area (Å²) in [6.07, 6.45) is -0.939. The molecule has 160 valence electrons. The van der Waals surface area contributed by atoms with Gasteiger partial charge in [-0.15, -0.1) is 0 Å². The van der Waals surface area contributed by atoms with Gasteiger partial charge in [0.25, 0.3) is 0 Å². The van der Waals surface area contributed by atoms with Gasteiger partial charge in [-0.1, -0.05) is 35.9 Å². The number of nitrogens with zero attached hydrogens (tertiary/aromatic N) is 1. The van der Waals surface area contributed by atoms with Gasteiger partial charge in [-0.2, -0.15) is 13.2 Å². The molecule has 0 aliphatic heterocycles. The van der Waals surface area contributed by atoms with E-state index in [4.69, 9.17) is 11.6 Å². The zero-order valence-electron chi connectivity index (χ0n) is 16.3. The van der Waals surface area contributed by atoms with Crippen molar-refractivity contribution in [3.8, 4) is 11.1 Å². The third-order valence-electron chi connectivity index (χ3n) is 4.81. The molecular weight excluding hydrogens is 441 g/mol. The molecule has 0 saturated carbocycles. The molecule has 0 spiro atoms. The molecule has 4 aromatic rings. The standard InChI is InChI=1S/C24H14ClF3N2O2/c25-20-13-19(24(26,27)28)18(22(31)9-8-14-5-3-4-10-29-14)11-17(20)16-12-23(32)30-21-7-2-1-6-15(16)21/h1-13H,(H,30,32)/b9-8+. The zero-order chi connectivity index (χ0) is 22.9. The Morgan fingerprint density at radius 2 is 1.75 bits per heavy atom. The van der Waals surface area contributed by atoms with Gasteiger partial charge in [0.15, 0.2) is 5.78 Å². The third-order valence-corrected chi connectivity index (χ3v) is 5.12. The van der Waals surface area contributed by atoms with Gasteiger partial charge in [-0.05, 0) is 48.0 Å². The molecule has 0 fully saturated rings. The monoisotopic (exact) mass is 454 g/mol. The van der Waals surface area contributed by atoms with Gasteiger partial charge in [0.1, 0.15) is 0 Å². The summed E-state index contributed by atoms with van der Waals surface area (Å²) in [5, 5.41) is 0.356. The number of rotatable bonds is 4. The van der Waals surface area contributed by atoms with Gasteiger partial charge in [0.05, 0.1) is 11.3 Å². The first-order valence-corrected chi connectivity index (χ1v) is 9.78. The first-order valence-electron chi connectivity index (χ1n) is 9.40. The predicted octanol–water partition coefficient (Wildman–Crippen LogP) is 6.16. The number of aromatic amines is 1. The van der Waals surface area contributed by atoms with E-state index < -0.39 is 28.6 Å². The molecule has 0 aliphatic rings. The first-order chi connectivity index (χ1) is 15.2. The van der Waals surface area contributed by atoms with E-state index >= 15 is 0 Å². The molecule has 0 aliphatic carbocycles. The van der Waals surface area contributed by atoms with E-state index in [0.29, 0.717) is 28.2 Å². The number of ketones is 1. The molecule has 2 aromatic heterocycles.